The number of hydrogen-bond donors (Lipinski definition) is 9. The molecule has 3 fully saturated rings. The maximum Gasteiger partial charge on any atom is 0.187 e. The summed E-state index contributed by atoms with van der Waals surface area (Å²) in [4.78, 5) is 0. The van der Waals surface area contributed by atoms with Crippen LogP contribution in [-0.4, -0.2) is 145 Å². The predicted octanol–water partition coefficient (Wildman–Crippen LogP) is -5.52. The van der Waals surface area contributed by atoms with Crippen LogP contribution >= 0.6 is 0 Å². The molecule has 0 amide bonds. The Hall–Kier alpha value is -0.560. The molecule has 3 heterocycles. The standard InChI is InChI=1S/C18H32O14/c1-4-7(20)9(22)11(24)17(28-4)31-14-5(2)29-18(12(25)10(14)23)32-15-8(21)6(3-19)30-16(27)13(15)26/h4-27H,3H2,1-2H3/t4-,5-,6+,7+,8+,9+,10-,11-,12-,13+,14+,15-,16?,17+,18-/m0/s1. The van der Waals surface area contributed by atoms with Crippen LogP contribution in [0.2, 0.25) is 0 Å². The molecule has 3 aliphatic heterocycles. The minimum Gasteiger partial charge on any atom is -0.394 e. The topological polar surface area (TPSA) is 228 Å². The van der Waals surface area contributed by atoms with Crippen LogP contribution in [-0.2, 0) is 23.7 Å². The van der Waals surface area contributed by atoms with E-state index in [-0.39, 0.29) is 0 Å². The van der Waals surface area contributed by atoms with Gasteiger partial charge in [-0.25, -0.2) is 0 Å². The minimum atomic E-state index is -1.78. The number of rotatable bonds is 5. The van der Waals surface area contributed by atoms with Gasteiger partial charge in [-0.3, -0.25) is 0 Å². The molecule has 9 N–H and O–H groups in total. The zero-order valence-corrected chi connectivity index (χ0v) is 17.4. The second-order valence-corrected chi connectivity index (χ2v) is 8.30. The van der Waals surface area contributed by atoms with Crippen molar-refractivity contribution in [1.29, 1.82) is 0 Å². The van der Waals surface area contributed by atoms with Crippen molar-refractivity contribution in [3.63, 3.8) is 0 Å². The van der Waals surface area contributed by atoms with Crippen molar-refractivity contribution in [3.8, 4) is 0 Å². The quantitative estimate of drug-likeness (QED) is 0.182. The third-order valence-corrected chi connectivity index (χ3v) is 6.01. The van der Waals surface area contributed by atoms with E-state index >= 15 is 0 Å². The van der Waals surface area contributed by atoms with E-state index < -0.39 is 98.7 Å². The lowest BCUT2D eigenvalue weighted by atomic mass is 9.96. The van der Waals surface area contributed by atoms with Crippen molar-refractivity contribution < 1.29 is 69.6 Å². The molecule has 32 heavy (non-hydrogen) atoms. The number of aliphatic hydroxyl groups is 9. The van der Waals surface area contributed by atoms with Crippen LogP contribution in [0.3, 0.4) is 0 Å². The zero-order valence-electron chi connectivity index (χ0n) is 17.4. The smallest absolute Gasteiger partial charge is 0.187 e. The first-order valence-electron chi connectivity index (χ1n) is 10.3. The fraction of sp³-hybridized carbons (Fsp3) is 1.00. The van der Waals surface area contributed by atoms with Crippen LogP contribution in [0, 0.1) is 0 Å². The molecule has 3 saturated heterocycles. The van der Waals surface area contributed by atoms with Crippen molar-refractivity contribution in [2.24, 2.45) is 0 Å². The van der Waals surface area contributed by atoms with E-state index in [0.717, 1.165) is 0 Å². The van der Waals surface area contributed by atoms with Gasteiger partial charge in [0.1, 0.15) is 61.0 Å². The van der Waals surface area contributed by atoms with Crippen molar-refractivity contribution in [2.75, 3.05) is 6.61 Å². The summed E-state index contributed by atoms with van der Waals surface area (Å²) in [6.07, 6.45) is -22.1. The van der Waals surface area contributed by atoms with Crippen LogP contribution in [0.15, 0.2) is 0 Å². The molecular weight excluding hydrogens is 440 g/mol. The largest absolute Gasteiger partial charge is 0.394 e. The van der Waals surface area contributed by atoms with Crippen molar-refractivity contribution in [3.05, 3.63) is 0 Å². The Kier molecular flexibility index (Phi) is 8.44. The van der Waals surface area contributed by atoms with E-state index in [1.807, 2.05) is 0 Å². The Morgan fingerprint density at radius 2 is 1.09 bits per heavy atom. The number of hydrogen-bond acceptors (Lipinski definition) is 14. The Balaban J connectivity index is 1.67. The molecule has 1 unspecified atom stereocenters. The van der Waals surface area contributed by atoms with Gasteiger partial charge in [-0.05, 0) is 13.8 Å². The maximum absolute atomic E-state index is 10.6. The van der Waals surface area contributed by atoms with Crippen LogP contribution < -0.4 is 0 Å². The van der Waals surface area contributed by atoms with Gasteiger partial charge in [0.25, 0.3) is 0 Å². The average Bonchev–Trinajstić information content (AvgIpc) is 2.76. The Labute approximate surface area is 183 Å². The predicted molar refractivity (Wildman–Crippen MR) is 98.4 cm³/mol. The summed E-state index contributed by atoms with van der Waals surface area (Å²) in [6, 6.07) is 0. The molecule has 0 spiro atoms. The van der Waals surface area contributed by atoms with Gasteiger partial charge in [-0.1, -0.05) is 0 Å². The van der Waals surface area contributed by atoms with Crippen molar-refractivity contribution >= 4 is 0 Å². The molecule has 3 rings (SSSR count). The summed E-state index contributed by atoms with van der Waals surface area (Å²) in [5.74, 6) is 0. The third-order valence-electron chi connectivity index (χ3n) is 6.01. The summed E-state index contributed by atoms with van der Waals surface area (Å²) in [5, 5.41) is 90.2. The fourth-order valence-corrected chi connectivity index (χ4v) is 3.97. The second kappa shape index (κ2) is 10.4. The van der Waals surface area contributed by atoms with Gasteiger partial charge in [-0.2, -0.15) is 0 Å². The van der Waals surface area contributed by atoms with Gasteiger partial charge in [0.05, 0.1) is 18.8 Å². The summed E-state index contributed by atoms with van der Waals surface area (Å²) in [5.41, 5.74) is 0. The highest BCUT2D eigenvalue weighted by molar-refractivity contribution is 4.95. The maximum atomic E-state index is 10.6. The molecule has 14 heteroatoms. The molecule has 0 radical (unpaired) electrons. The highest BCUT2D eigenvalue weighted by Crippen LogP contribution is 2.31. The van der Waals surface area contributed by atoms with Crippen molar-refractivity contribution in [2.45, 2.75) is 106 Å². The summed E-state index contributed by atoms with van der Waals surface area (Å²) < 4.78 is 26.7. The van der Waals surface area contributed by atoms with Gasteiger partial charge >= 0.3 is 0 Å². The molecule has 0 aromatic rings. The first-order chi connectivity index (χ1) is 15.0. The summed E-state index contributed by atoms with van der Waals surface area (Å²) >= 11 is 0. The average molecular weight is 472 g/mol. The molecule has 0 bridgehead atoms. The number of aliphatic hydroxyl groups excluding tert-OH is 9. The summed E-state index contributed by atoms with van der Waals surface area (Å²) in [6.45, 7) is 2.21. The zero-order chi connectivity index (χ0) is 23.9. The molecule has 0 aromatic heterocycles. The highest BCUT2D eigenvalue weighted by Gasteiger charge is 2.52. The normalized spacial score (nSPS) is 55.0. The molecule has 0 aliphatic carbocycles. The Bertz CT molecular complexity index is 610. The van der Waals surface area contributed by atoms with Gasteiger partial charge in [-0.15, -0.1) is 0 Å². The Morgan fingerprint density at radius 3 is 1.69 bits per heavy atom. The highest BCUT2D eigenvalue weighted by atomic mass is 16.7. The van der Waals surface area contributed by atoms with Gasteiger partial charge < -0.3 is 69.6 Å². The molecule has 14 nitrogen and oxygen atoms in total. The summed E-state index contributed by atoms with van der Waals surface area (Å²) in [7, 11) is 0. The van der Waals surface area contributed by atoms with Crippen LogP contribution in [0.25, 0.3) is 0 Å². The molecule has 0 aromatic carbocycles. The third kappa shape index (κ3) is 4.94. The van der Waals surface area contributed by atoms with Crippen molar-refractivity contribution in [1.82, 2.24) is 0 Å². The Morgan fingerprint density at radius 1 is 0.562 bits per heavy atom. The lowest BCUT2D eigenvalue weighted by Crippen LogP contribution is -2.65. The molecular formula is C18H32O14. The molecule has 0 saturated carbocycles. The van der Waals surface area contributed by atoms with Gasteiger partial charge in [0.15, 0.2) is 18.9 Å². The van der Waals surface area contributed by atoms with E-state index in [9.17, 15) is 46.0 Å². The van der Waals surface area contributed by atoms with E-state index in [1.54, 1.807) is 0 Å². The van der Waals surface area contributed by atoms with Crippen LogP contribution in [0.5, 0.6) is 0 Å². The first-order valence-corrected chi connectivity index (χ1v) is 10.3. The van der Waals surface area contributed by atoms with E-state index in [4.69, 9.17) is 23.7 Å². The second-order valence-electron chi connectivity index (χ2n) is 8.30. The first kappa shape index (κ1) is 26.1. The van der Waals surface area contributed by atoms with Gasteiger partial charge in [0, 0.05) is 0 Å². The fourth-order valence-electron chi connectivity index (χ4n) is 3.97. The number of ether oxygens (including phenoxy) is 5. The molecule has 188 valence electrons. The molecule has 15 atom stereocenters. The van der Waals surface area contributed by atoms with Gasteiger partial charge in [0.2, 0.25) is 0 Å². The van der Waals surface area contributed by atoms with E-state index in [0.29, 0.717) is 0 Å². The van der Waals surface area contributed by atoms with Crippen LogP contribution in [0.4, 0.5) is 0 Å². The SMILES string of the molecule is C[C@@H]1O[C@H](O[C@H]2[C@@H](O)[C@H](O)[C@H](O[C@H]3[C@H](O)[C@@H](CO)OC(O)[C@@H]3O)O[C@H]2C)[C@@H](O)[C@H](O)[C@@H]1O. The van der Waals surface area contributed by atoms with E-state index in [2.05, 4.69) is 0 Å². The monoisotopic (exact) mass is 472 g/mol. The lowest BCUT2D eigenvalue weighted by molar-refractivity contribution is -0.373. The lowest BCUT2D eigenvalue weighted by Gasteiger charge is -2.47. The minimum absolute atomic E-state index is 0.684. The van der Waals surface area contributed by atoms with Crippen LogP contribution in [0.1, 0.15) is 13.8 Å². The van der Waals surface area contributed by atoms with E-state index in [1.165, 1.54) is 13.8 Å². The molecule has 3 aliphatic rings.